The van der Waals surface area contributed by atoms with Crippen molar-refractivity contribution in [3.05, 3.63) is 77.1 Å². The number of piperazine rings is 1. The van der Waals surface area contributed by atoms with Crippen molar-refractivity contribution in [1.82, 2.24) is 24.4 Å². The summed E-state index contributed by atoms with van der Waals surface area (Å²) in [5.74, 6) is -0.143. The van der Waals surface area contributed by atoms with Crippen LogP contribution in [0.25, 0.3) is 16.9 Å². The summed E-state index contributed by atoms with van der Waals surface area (Å²) in [6.07, 6.45) is -3.62. The molecule has 0 aliphatic carbocycles. The number of amides is 2. The molecule has 1 aliphatic rings. The van der Waals surface area contributed by atoms with Crippen molar-refractivity contribution in [2.75, 3.05) is 45.2 Å². The highest BCUT2D eigenvalue weighted by molar-refractivity contribution is 6.00. The van der Waals surface area contributed by atoms with Gasteiger partial charge < -0.3 is 20.1 Å². The molecule has 1 aliphatic heterocycles. The molecule has 13 heteroatoms. The molecular formula is C30H31F3N6O4. The molecule has 0 unspecified atom stereocenters. The number of benzene rings is 2. The molecule has 43 heavy (non-hydrogen) atoms. The zero-order valence-electron chi connectivity index (χ0n) is 23.9. The Morgan fingerprint density at radius 3 is 2.40 bits per heavy atom. The molecule has 10 nitrogen and oxygen atoms in total. The first kappa shape index (κ1) is 30.0. The van der Waals surface area contributed by atoms with Gasteiger partial charge >= 0.3 is 6.18 Å². The standard InChI is InChI=1S/C30H31F3N6O4/c1-18-26(20-7-9-23(43-3)10-8-20)36-28-24(16-34-39(28)27(18)30(31,32)33)29(42)38-13-11-37(12-14-38)25(17-40)21-5-4-6-22(15-21)35-19(2)41/h4-10,15-16,25,40H,11-14,17H2,1-3H3,(H,35,41)/t25-/m1/s1. The van der Waals surface area contributed by atoms with E-state index in [2.05, 4.69) is 15.4 Å². The molecule has 0 saturated carbocycles. The number of aromatic nitrogens is 3. The van der Waals surface area contributed by atoms with Crippen molar-refractivity contribution in [3.63, 3.8) is 0 Å². The lowest BCUT2D eigenvalue weighted by Gasteiger charge is -2.38. The lowest BCUT2D eigenvalue weighted by Crippen LogP contribution is -2.50. The average molecular weight is 597 g/mol. The quantitative estimate of drug-likeness (QED) is 0.329. The van der Waals surface area contributed by atoms with Gasteiger partial charge in [-0.2, -0.15) is 18.3 Å². The molecule has 3 heterocycles. The molecule has 2 aromatic heterocycles. The minimum absolute atomic E-state index is 0.0320. The van der Waals surface area contributed by atoms with Gasteiger partial charge in [0.15, 0.2) is 11.3 Å². The van der Waals surface area contributed by atoms with Crippen LogP contribution in [0.15, 0.2) is 54.7 Å². The first-order valence-electron chi connectivity index (χ1n) is 13.6. The van der Waals surface area contributed by atoms with Gasteiger partial charge in [-0.3, -0.25) is 14.5 Å². The number of nitrogens with zero attached hydrogens (tertiary/aromatic N) is 5. The zero-order valence-corrected chi connectivity index (χ0v) is 23.9. The molecule has 1 fully saturated rings. The summed E-state index contributed by atoms with van der Waals surface area (Å²) >= 11 is 0. The van der Waals surface area contributed by atoms with Crippen molar-refractivity contribution in [3.8, 4) is 17.0 Å². The number of ether oxygens (including phenoxy) is 1. The van der Waals surface area contributed by atoms with E-state index in [-0.39, 0.29) is 54.1 Å². The van der Waals surface area contributed by atoms with E-state index >= 15 is 0 Å². The number of rotatable bonds is 7. The number of nitrogens with one attached hydrogen (secondary N) is 1. The molecule has 1 atom stereocenters. The fraction of sp³-hybridized carbons (Fsp3) is 0.333. The average Bonchev–Trinajstić information content (AvgIpc) is 3.39. The molecular weight excluding hydrogens is 565 g/mol. The van der Waals surface area contributed by atoms with E-state index in [1.807, 2.05) is 11.0 Å². The molecule has 0 radical (unpaired) electrons. The highest BCUT2D eigenvalue weighted by atomic mass is 19.4. The van der Waals surface area contributed by atoms with Gasteiger partial charge in [0.25, 0.3) is 5.91 Å². The fourth-order valence-electron chi connectivity index (χ4n) is 5.45. The van der Waals surface area contributed by atoms with E-state index in [4.69, 9.17) is 4.74 Å². The first-order valence-corrected chi connectivity index (χ1v) is 13.6. The van der Waals surface area contributed by atoms with Gasteiger partial charge in [-0.15, -0.1) is 0 Å². The lowest BCUT2D eigenvalue weighted by atomic mass is 10.0. The van der Waals surface area contributed by atoms with Crippen LogP contribution >= 0.6 is 0 Å². The van der Waals surface area contributed by atoms with Crippen LogP contribution in [0.1, 0.15) is 40.1 Å². The van der Waals surface area contributed by atoms with Crippen LogP contribution in [0.2, 0.25) is 0 Å². The van der Waals surface area contributed by atoms with Crippen molar-refractivity contribution in [2.45, 2.75) is 26.1 Å². The van der Waals surface area contributed by atoms with Crippen LogP contribution in [-0.4, -0.2) is 81.2 Å². The van der Waals surface area contributed by atoms with Crippen molar-refractivity contribution in [2.24, 2.45) is 0 Å². The maximum atomic E-state index is 14.3. The van der Waals surface area contributed by atoms with Crippen LogP contribution in [0.4, 0.5) is 18.9 Å². The summed E-state index contributed by atoms with van der Waals surface area (Å²) in [5.41, 5.74) is 0.626. The second kappa shape index (κ2) is 12.0. The highest BCUT2D eigenvalue weighted by Crippen LogP contribution is 2.37. The monoisotopic (exact) mass is 596 g/mol. The Morgan fingerprint density at radius 1 is 1.09 bits per heavy atom. The maximum Gasteiger partial charge on any atom is 0.433 e. The smallest absolute Gasteiger partial charge is 0.433 e. The molecule has 0 bridgehead atoms. The number of anilines is 1. The number of carbonyl (C=O) groups excluding carboxylic acids is 2. The third-order valence-electron chi connectivity index (χ3n) is 7.55. The Labute approximate surface area is 245 Å². The number of halogens is 3. The molecule has 2 amide bonds. The minimum Gasteiger partial charge on any atom is -0.497 e. The summed E-state index contributed by atoms with van der Waals surface area (Å²) < 4.78 is 48.7. The van der Waals surface area contributed by atoms with Crippen LogP contribution in [0, 0.1) is 6.92 Å². The van der Waals surface area contributed by atoms with E-state index in [0.29, 0.717) is 34.6 Å². The first-order chi connectivity index (χ1) is 20.5. The molecule has 5 rings (SSSR count). The molecule has 2 aromatic carbocycles. The van der Waals surface area contributed by atoms with E-state index < -0.39 is 17.8 Å². The fourth-order valence-corrected chi connectivity index (χ4v) is 5.45. The number of carbonyl (C=O) groups is 2. The third-order valence-corrected chi connectivity index (χ3v) is 7.55. The summed E-state index contributed by atoms with van der Waals surface area (Å²) in [7, 11) is 1.49. The Morgan fingerprint density at radius 2 is 1.79 bits per heavy atom. The van der Waals surface area contributed by atoms with Crippen molar-refractivity contribution in [1.29, 1.82) is 0 Å². The minimum atomic E-state index is -4.75. The van der Waals surface area contributed by atoms with E-state index in [1.165, 1.54) is 21.0 Å². The number of aliphatic hydroxyl groups is 1. The third kappa shape index (κ3) is 6.04. The van der Waals surface area contributed by atoms with Crippen LogP contribution in [0.5, 0.6) is 5.75 Å². The predicted octanol–water partition coefficient (Wildman–Crippen LogP) is 4.18. The molecule has 2 N–H and O–H groups in total. The SMILES string of the molecule is COc1ccc(-c2nc3c(C(=O)N4CCN([C@H](CO)c5cccc(NC(C)=O)c5)CC4)cnn3c(C(F)(F)F)c2C)cc1. The van der Waals surface area contributed by atoms with Crippen molar-refractivity contribution < 1.29 is 32.6 Å². The highest BCUT2D eigenvalue weighted by Gasteiger charge is 2.39. The normalized spacial score (nSPS) is 15.0. The summed E-state index contributed by atoms with van der Waals surface area (Å²) in [5, 5.41) is 16.9. The largest absolute Gasteiger partial charge is 0.497 e. The second-order valence-electron chi connectivity index (χ2n) is 10.3. The number of fused-ring (bicyclic) bond motifs is 1. The summed E-state index contributed by atoms with van der Waals surface area (Å²) in [6, 6.07) is 13.3. The van der Waals surface area contributed by atoms with Crippen LogP contribution in [0.3, 0.4) is 0 Å². The number of aliphatic hydroxyl groups excluding tert-OH is 1. The number of alkyl halides is 3. The summed E-state index contributed by atoms with van der Waals surface area (Å²) in [4.78, 5) is 33.2. The molecule has 0 spiro atoms. The zero-order chi connectivity index (χ0) is 30.9. The maximum absolute atomic E-state index is 14.3. The van der Waals surface area contributed by atoms with Gasteiger partial charge in [0, 0.05) is 49.9 Å². The number of methoxy groups -OCH3 is 1. The van der Waals surface area contributed by atoms with Crippen LogP contribution in [-0.2, 0) is 11.0 Å². The lowest BCUT2D eigenvalue weighted by molar-refractivity contribution is -0.143. The second-order valence-corrected chi connectivity index (χ2v) is 10.3. The predicted molar refractivity (Wildman–Crippen MR) is 153 cm³/mol. The Balaban J connectivity index is 1.41. The summed E-state index contributed by atoms with van der Waals surface area (Å²) in [6.45, 7) is 3.96. The van der Waals surface area contributed by atoms with Gasteiger partial charge in [0.1, 0.15) is 11.3 Å². The van der Waals surface area contributed by atoms with Gasteiger partial charge in [-0.25, -0.2) is 9.50 Å². The van der Waals surface area contributed by atoms with E-state index in [9.17, 15) is 27.9 Å². The van der Waals surface area contributed by atoms with Gasteiger partial charge in [-0.05, 0) is 48.9 Å². The Hall–Kier alpha value is -4.49. The molecule has 226 valence electrons. The van der Waals surface area contributed by atoms with E-state index in [1.54, 1.807) is 47.4 Å². The topological polar surface area (TPSA) is 112 Å². The number of hydrogen-bond acceptors (Lipinski definition) is 7. The Kier molecular flexibility index (Phi) is 8.38. The van der Waals surface area contributed by atoms with Crippen LogP contribution < -0.4 is 10.1 Å². The van der Waals surface area contributed by atoms with Gasteiger partial charge in [0.05, 0.1) is 31.6 Å². The molecule has 4 aromatic rings. The van der Waals surface area contributed by atoms with Gasteiger partial charge in [0.2, 0.25) is 5.91 Å². The number of hydrogen-bond donors (Lipinski definition) is 2. The molecule has 1 saturated heterocycles. The van der Waals surface area contributed by atoms with Gasteiger partial charge in [-0.1, -0.05) is 12.1 Å². The van der Waals surface area contributed by atoms with E-state index in [0.717, 1.165) is 11.8 Å². The Bertz CT molecular complexity index is 1650. The van der Waals surface area contributed by atoms with Crippen molar-refractivity contribution >= 4 is 23.1 Å².